The third-order valence-corrected chi connectivity index (χ3v) is 3.41. The van der Waals surface area contributed by atoms with E-state index in [9.17, 15) is 9.90 Å². The van der Waals surface area contributed by atoms with E-state index < -0.39 is 5.60 Å². The maximum absolute atomic E-state index is 12.0. The Morgan fingerprint density at radius 2 is 2.19 bits per heavy atom. The molecule has 2 heterocycles. The van der Waals surface area contributed by atoms with Gasteiger partial charge in [0.05, 0.1) is 6.54 Å². The van der Waals surface area contributed by atoms with E-state index >= 15 is 0 Å². The van der Waals surface area contributed by atoms with Gasteiger partial charge >= 0.3 is 0 Å². The molecule has 1 unspecified atom stereocenters. The number of aliphatic hydroxyl groups is 1. The summed E-state index contributed by atoms with van der Waals surface area (Å²) in [5, 5.41) is 13.4. The van der Waals surface area contributed by atoms with Gasteiger partial charge in [0.15, 0.2) is 0 Å². The molecule has 0 saturated heterocycles. The van der Waals surface area contributed by atoms with Crippen LogP contribution in [0.5, 0.6) is 0 Å². The summed E-state index contributed by atoms with van der Waals surface area (Å²) in [4.78, 5) is 15.8. The molecular weight excluding hydrogens is 292 g/mol. The second-order valence-electron chi connectivity index (χ2n) is 5.15. The average Bonchev–Trinajstić information content (AvgIpc) is 2.76. The molecule has 0 spiro atoms. The molecule has 2 rings (SSSR count). The van der Waals surface area contributed by atoms with Crippen molar-refractivity contribution in [2.75, 3.05) is 6.54 Å². The number of carbonyl (C=O) groups excluding carboxylic acids is 1. The topological polar surface area (TPSA) is 75.4 Å². The van der Waals surface area contributed by atoms with Crippen molar-refractivity contribution in [3.63, 3.8) is 0 Å². The van der Waals surface area contributed by atoms with Gasteiger partial charge in [-0.25, -0.2) is 4.98 Å². The van der Waals surface area contributed by atoms with Crippen molar-refractivity contribution in [3.8, 4) is 0 Å². The predicted molar refractivity (Wildman–Crippen MR) is 79.3 cm³/mol. The second-order valence-corrected chi connectivity index (χ2v) is 5.54. The molecule has 0 bridgehead atoms. The Morgan fingerprint density at radius 1 is 1.48 bits per heavy atom. The van der Waals surface area contributed by atoms with Crippen LogP contribution in [0.15, 0.2) is 28.8 Å². The molecule has 0 fully saturated rings. The number of nitrogens with zero attached hydrogens (tertiary/aromatic N) is 1. The van der Waals surface area contributed by atoms with Gasteiger partial charge in [-0.1, -0.05) is 11.6 Å². The highest BCUT2D eigenvalue weighted by Gasteiger charge is 2.28. The van der Waals surface area contributed by atoms with Gasteiger partial charge < -0.3 is 14.8 Å². The molecule has 2 aromatic rings. The van der Waals surface area contributed by atoms with Crippen molar-refractivity contribution in [1.29, 1.82) is 0 Å². The van der Waals surface area contributed by atoms with Gasteiger partial charge in [0.2, 0.25) is 0 Å². The van der Waals surface area contributed by atoms with Crippen molar-refractivity contribution < 1.29 is 14.3 Å². The summed E-state index contributed by atoms with van der Waals surface area (Å²) in [6, 6.07) is 4.80. The Balaban J connectivity index is 2.08. The lowest BCUT2D eigenvalue weighted by Gasteiger charge is -2.23. The van der Waals surface area contributed by atoms with Crippen molar-refractivity contribution in [2.24, 2.45) is 0 Å². The highest BCUT2D eigenvalue weighted by atomic mass is 35.5. The quantitative estimate of drug-likeness (QED) is 0.851. The number of halogens is 1. The zero-order valence-corrected chi connectivity index (χ0v) is 12.9. The summed E-state index contributed by atoms with van der Waals surface area (Å²) in [5.74, 6) is 1.03. The number of pyridine rings is 1. The predicted octanol–water partition coefficient (Wildman–Crippen LogP) is 2.58. The smallest absolute Gasteiger partial charge is 0.251 e. The minimum Gasteiger partial charge on any atom is -0.466 e. The first-order chi connectivity index (χ1) is 9.79. The largest absolute Gasteiger partial charge is 0.466 e. The molecule has 6 heteroatoms. The van der Waals surface area contributed by atoms with Crippen LogP contribution in [-0.4, -0.2) is 22.5 Å². The van der Waals surface area contributed by atoms with Crippen LogP contribution in [0.25, 0.3) is 0 Å². The summed E-state index contributed by atoms with van der Waals surface area (Å²) in [6.45, 7) is 5.28. The number of aryl methyl sites for hydroxylation is 2. The summed E-state index contributed by atoms with van der Waals surface area (Å²) in [7, 11) is 0. The van der Waals surface area contributed by atoms with Gasteiger partial charge in [-0.05, 0) is 39.0 Å². The minimum atomic E-state index is -1.21. The molecule has 0 aromatic carbocycles. The molecule has 0 aliphatic carbocycles. The molecule has 0 aliphatic rings. The van der Waals surface area contributed by atoms with Crippen molar-refractivity contribution in [2.45, 2.75) is 26.4 Å². The first-order valence-corrected chi connectivity index (χ1v) is 6.87. The van der Waals surface area contributed by atoms with E-state index in [-0.39, 0.29) is 17.6 Å². The number of aromatic nitrogens is 1. The Bertz CT molecular complexity index is 665. The van der Waals surface area contributed by atoms with Crippen molar-refractivity contribution in [1.82, 2.24) is 10.3 Å². The Hall–Kier alpha value is -1.85. The lowest BCUT2D eigenvalue weighted by Crippen LogP contribution is -2.38. The number of rotatable bonds is 4. The molecule has 112 valence electrons. The number of hydrogen-bond acceptors (Lipinski definition) is 4. The van der Waals surface area contributed by atoms with Crippen molar-refractivity contribution >= 4 is 17.5 Å². The van der Waals surface area contributed by atoms with Crippen LogP contribution in [0, 0.1) is 13.8 Å². The number of furan rings is 1. The Morgan fingerprint density at radius 3 is 2.76 bits per heavy atom. The van der Waals surface area contributed by atoms with Gasteiger partial charge in [0.25, 0.3) is 5.91 Å². The summed E-state index contributed by atoms with van der Waals surface area (Å²) in [6.07, 6.45) is 1.46. The molecule has 5 nitrogen and oxygen atoms in total. The molecule has 0 aliphatic heterocycles. The fraction of sp³-hybridized carbons (Fsp3) is 0.333. The van der Waals surface area contributed by atoms with E-state index in [0.717, 1.165) is 5.76 Å². The zero-order valence-electron chi connectivity index (χ0n) is 12.1. The van der Waals surface area contributed by atoms with Crippen LogP contribution in [0.2, 0.25) is 5.15 Å². The minimum absolute atomic E-state index is 0.0611. The maximum atomic E-state index is 12.0. The van der Waals surface area contributed by atoms with Crippen LogP contribution in [0.4, 0.5) is 0 Å². The monoisotopic (exact) mass is 308 g/mol. The van der Waals surface area contributed by atoms with E-state index in [1.54, 1.807) is 26.0 Å². The van der Waals surface area contributed by atoms with Gasteiger partial charge in [-0.3, -0.25) is 4.79 Å². The molecule has 2 aromatic heterocycles. The number of nitrogens with one attached hydrogen (secondary N) is 1. The molecular formula is C15H17ClN2O3. The second kappa shape index (κ2) is 5.87. The first-order valence-electron chi connectivity index (χ1n) is 6.49. The number of carbonyl (C=O) groups is 1. The molecule has 1 amide bonds. The molecule has 1 atom stereocenters. The zero-order chi connectivity index (χ0) is 15.6. The summed E-state index contributed by atoms with van der Waals surface area (Å²) >= 11 is 5.75. The highest BCUT2D eigenvalue weighted by molar-refractivity contribution is 6.29. The molecule has 0 saturated carbocycles. The van der Waals surface area contributed by atoms with Crippen LogP contribution >= 0.6 is 11.6 Å². The van der Waals surface area contributed by atoms with Crippen LogP contribution < -0.4 is 5.32 Å². The summed E-state index contributed by atoms with van der Waals surface area (Å²) in [5.41, 5.74) is -0.159. The third-order valence-electron chi connectivity index (χ3n) is 3.20. The number of amides is 1. The highest BCUT2D eigenvalue weighted by Crippen LogP contribution is 2.26. The van der Waals surface area contributed by atoms with Crippen LogP contribution in [0.3, 0.4) is 0 Å². The SMILES string of the molecule is Cc1cc(C(C)(O)CNC(=O)c2ccnc(Cl)c2)c(C)o1. The van der Waals surface area contributed by atoms with Crippen molar-refractivity contribution in [3.05, 3.63) is 52.2 Å². The normalized spacial score (nSPS) is 13.8. The van der Waals surface area contributed by atoms with Crippen LogP contribution in [0.1, 0.15) is 34.4 Å². The lowest BCUT2D eigenvalue weighted by atomic mass is 9.96. The Kier molecular flexibility index (Phi) is 4.34. The van der Waals surface area contributed by atoms with Crippen LogP contribution in [-0.2, 0) is 5.60 Å². The fourth-order valence-electron chi connectivity index (χ4n) is 2.16. The first kappa shape index (κ1) is 15.5. The van der Waals surface area contributed by atoms with E-state index in [0.29, 0.717) is 16.9 Å². The summed E-state index contributed by atoms with van der Waals surface area (Å²) < 4.78 is 5.41. The van der Waals surface area contributed by atoms with E-state index in [2.05, 4.69) is 10.3 Å². The molecule has 2 N–H and O–H groups in total. The van der Waals surface area contributed by atoms with Gasteiger partial charge in [0, 0.05) is 17.3 Å². The lowest BCUT2D eigenvalue weighted by molar-refractivity contribution is 0.0514. The van der Waals surface area contributed by atoms with E-state index in [1.165, 1.54) is 12.3 Å². The third kappa shape index (κ3) is 3.62. The fourth-order valence-corrected chi connectivity index (χ4v) is 2.33. The standard InChI is InChI=1S/C15H17ClN2O3/c1-9-6-12(10(2)21-9)15(3,20)8-18-14(19)11-4-5-17-13(16)7-11/h4-7,20H,8H2,1-3H3,(H,18,19). The Labute approximate surface area is 128 Å². The van der Waals surface area contributed by atoms with Gasteiger partial charge in [0.1, 0.15) is 22.3 Å². The maximum Gasteiger partial charge on any atom is 0.251 e. The average molecular weight is 309 g/mol. The van der Waals surface area contributed by atoms with E-state index in [1.807, 2.05) is 6.92 Å². The van der Waals surface area contributed by atoms with Gasteiger partial charge in [-0.15, -0.1) is 0 Å². The molecule has 0 radical (unpaired) electrons. The van der Waals surface area contributed by atoms with E-state index in [4.69, 9.17) is 16.0 Å². The number of hydrogen-bond donors (Lipinski definition) is 2. The van der Waals surface area contributed by atoms with Gasteiger partial charge in [-0.2, -0.15) is 0 Å². The molecule has 21 heavy (non-hydrogen) atoms.